The number of aromatic nitrogens is 2. The lowest BCUT2D eigenvalue weighted by atomic mass is 10.0. The van der Waals surface area contributed by atoms with E-state index in [0.717, 1.165) is 18.8 Å². The highest BCUT2D eigenvalue weighted by molar-refractivity contribution is 5.56. The molecule has 7 nitrogen and oxygen atoms in total. The fourth-order valence-corrected chi connectivity index (χ4v) is 2.00. The molecule has 0 spiro atoms. The van der Waals surface area contributed by atoms with Crippen molar-refractivity contribution in [2.24, 2.45) is 5.92 Å². The van der Waals surface area contributed by atoms with Crippen LogP contribution in [0.5, 0.6) is 0 Å². The summed E-state index contributed by atoms with van der Waals surface area (Å²) in [5, 5.41) is 16.7. The third kappa shape index (κ3) is 6.37. The topological polar surface area (TPSA) is 93.0 Å². The van der Waals surface area contributed by atoms with Gasteiger partial charge in [-0.25, -0.2) is 4.98 Å². The van der Waals surface area contributed by atoms with Gasteiger partial charge in [-0.3, -0.25) is 10.1 Å². The maximum atomic E-state index is 10.9. The maximum Gasteiger partial charge on any atom is 0.329 e. The molecule has 7 heteroatoms. The van der Waals surface area contributed by atoms with Crippen molar-refractivity contribution < 1.29 is 4.92 Å². The number of nitro groups is 1. The number of anilines is 2. The second kappa shape index (κ2) is 9.10. The molecule has 1 aromatic heterocycles. The van der Waals surface area contributed by atoms with Crippen molar-refractivity contribution in [3.63, 3.8) is 0 Å². The Hall–Kier alpha value is -1.92. The van der Waals surface area contributed by atoms with E-state index in [1.807, 2.05) is 0 Å². The average Bonchev–Trinajstić information content (AvgIpc) is 2.45. The molecular weight excluding hydrogens is 270 g/mol. The molecule has 0 aromatic carbocycles. The molecule has 0 amide bonds. The van der Waals surface area contributed by atoms with Gasteiger partial charge in [0.15, 0.2) is 0 Å². The molecule has 0 aliphatic heterocycles. The van der Waals surface area contributed by atoms with Crippen LogP contribution < -0.4 is 10.6 Å². The molecule has 0 aliphatic rings. The molecule has 21 heavy (non-hydrogen) atoms. The third-order valence-electron chi connectivity index (χ3n) is 3.19. The predicted molar refractivity (Wildman–Crippen MR) is 84.6 cm³/mol. The van der Waals surface area contributed by atoms with Crippen LogP contribution >= 0.6 is 0 Å². The Morgan fingerprint density at radius 2 is 2.00 bits per heavy atom. The molecule has 1 rings (SSSR count). The number of nitrogens with one attached hydrogen (secondary N) is 2. The Kier molecular flexibility index (Phi) is 7.42. The molecule has 2 N–H and O–H groups in total. The minimum atomic E-state index is -0.468. The van der Waals surface area contributed by atoms with Gasteiger partial charge in [0.25, 0.3) is 0 Å². The Labute approximate surface area is 125 Å². The summed E-state index contributed by atoms with van der Waals surface area (Å²) in [5.74, 6) is 1.41. The molecule has 0 saturated heterocycles. The lowest BCUT2D eigenvalue weighted by molar-refractivity contribution is -0.384. The molecular formula is C14H25N5O2. The minimum Gasteiger partial charge on any atom is -0.364 e. The summed E-state index contributed by atoms with van der Waals surface area (Å²) >= 11 is 0. The lowest BCUT2D eigenvalue weighted by Gasteiger charge is -2.08. The maximum absolute atomic E-state index is 10.9. The van der Waals surface area contributed by atoms with Crippen LogP contribution in [-0.2, 0) is 0 Å². The molecule has 118 valence electrons. The van der Waals surface area contributed by atoms with Crippen LogP contribution in [0.1, 0.15) is 46.0 Å². The van der Waals surface area contributed by atoms with Gasteiger partial charge < -0.3 is 10.6 Å². The van der Waals surface area contributed by atoms with E-state index >= 15 is 0 Å². The van der Waals surface area contributed by atoms with Crippen LogP contribution in [-0.4, -0.2) is 28.5 Å². The van der Waals surface area contributed by atoms with Gasteiger partial charge in [0.2, 0.25) is 11.8 Å². The fraction of sp³-hybridized carbons (Fsp3) is 0.714. The van der Waals surface area contributed by atoms with E-state index in [0.29, 0.717) is 12.5 Å². The van der Waals surface area contributed by atoms with Crippen LogP contribution in [0.15, 0.2) is 6.20 Å². The summed E-state index contributed by atoms with van der Waals surface area (Å²) in [5.41, 5.74) is -0.0891. The van der Waals surface area contributed by atoms with E-state index in [1.54, 1.807) is 7.05 Å². The van der Waals surface area contributed by atoms with Crippen LogP contribution in [0.3, 0.4) is 0 Å². The Morgan fingerprint density at radius 1 is 1.29 bits per heavy atom. The van der Waals surface area contributed by atoms with E-state index in [-0.39, 0.29) is 11.5 Å². The highest BCUT2D eigenvalue weighted by Gasteiger charge is 2.16. The number of rotatable bonds is 10. The van der Waals surface area contributed by atoms with Gasteiger partial charge in [-0.05, 0) is 12.3 Å². The van der Waals surface area contributed by atoms with E-state index < -0.39 is 4.92 Å². The molecule has 0 atom stereocenters. The van der Waals surface area contributed by atoms with Gasteiger partial charge in [0, 0.05) is 13.6 Å². The number of hydrogen-bond donors (Lipinski definition) is 2. The van der Waals surface area contributed by atoms with Crippen LogP contribution in [0.25, 0.3) is 0 Å². The molecule has 0 saturated carbocycles. The highest BCUT2D eigenvalue weighted by atomic mass is 16.6. The van der Waals surface area contributed by atoms with E-state index in [4.69, 9.17) is 0 Å². The minimum absolute atomic E-state index is 0.0891. The van der Waals surface area contributed by atoms with Gasteiger partial charge in [-0.2, -0.15) is 4.98 Å². The van der Waals surface area contributed by atoms with Crippen molar-refractivity contribution in [1.29, 1.82) is 0 Å². The summed E-state index contributed by atoms with van der Waals surface area (Å²) < 4.78 is 0. The third-order valence-corrected chi connectivity index (χ3v) is 3.19. The summed E-state index contributed by atoms with van der Waals surface area (Å²) in [6.07, 6.45) is 7.04. The zero-order valence-electron chi connectivity index (χ0n) is 13.1. The van der Waals surface area contributed by atoms with Gasteiger partial charge in [-0.1, -0.05) is 39.5 Å². The second-order valence-corrected chi connectivity index (χ2v) is 5.46. The fourth-order valence-electron chi connectivity index (χ4n) is 2.00. The quantitative estimate of drug-likeness (QED) is 0.390. The molecule has 0 fully saturated rings. The van der Waals surface area contributed by atoms with Crippen molar-refractivity contribution in [3.05, 3.63) is 16.3 Å². The van der Waals surface area contributed by atoms with E-state index in [1.165, 1.54) is 25.5 Å². The summed E-state index contributed by atoms with van der Waals surface area (Å²) in [7, 11) is 1.68. The van der Waals surface area contributed by atoms with Gasteiger partial charge in [0.1, 0.15) is 6.20 Å². The van der Waals surface area contributed by atoms with Crippen molar-refractivity contribution in [2.75, 3.05) is 24.2 Å². The van der Waals surface area contributed by atoms with Gasteiger partial charge in [-0.15, -0.1) is 0 Å². The lowest BCUT2D eigenvalue weighted by Crippen LogP contribution is -2.08. The van der Waals surface area contributed by atoms with Crippen molar-refractivity contribution in [3.8, 4) is 0 Å². The van der Waals surface area contributed by atoms with Crippen molar-refractivity contribution >= 4 is 17.5 Å². The zero-order valence-corrected chi connectivity index (χ0v) is 13.1. The number of hydrogen-bond acceptors (Lipinski definition) is 6. The normalized spacial score (nSPS) is 10.7. The first kappa shape index (κ1) is 17.1. The van der Waals surface area contributed by atoms with Crippen LogP contribution in [0.4, 0.5) is 17.5 Å². The molecule has 1 heterocycles. The second-order valence-electron chi connectivity index (χ2n) is 5.46. The van der Waals surface area contributed by atoms with Crippen molar-refractivity contribution in [1.82, 2.24) is 9.97 Å². The van der Waals surface area contributed by atoms with Crippen molar-refractivity contribution in [2.45, 2.75) is 46.0 Å². The summed E-state index contributed by atoms with van der Waals surface area (Å²) in [4.78, 5) is 18.4. The average molecular weight is 295 g/mol. The summed E-state index contributed by atoms with van der Waals surface area (Å²) in [6.45, 7) is 5.15. The monoisotopic (exact) mass is 295 g/mol. The van der Waals surface area contributed by atoms with Gasteiger partial charge >= 0.3 is 5.69 Å². The Morgan fingerprint density at radius 3 is 2.62 bits per heavy atom. The molecule has 0 aliphatic carbocycles. The van der Waals surface area contributed by atoms with Crippen LogP contribution in [0.2, 0.25) is 0 Å². The molecule has 0 radical (unpaired) electrons. The van der Waals surface area contributed by atoms with Crippen LogP contribution in [0, 0.1) is 16.0 Å². The molecule has 1 aromatic rings. The van der Waals surface area contributed by atoms with E-state index in [9.17, 15) is 10.1 Å². The molecule has 0 unspecified atom stereocenters. The highest BCUT2D eigenvalue weighted by Crippen LogP contribution is 2.21. The SMILES string of the molecule is CNc1ncc([N+](=O)[O-])c(NCCCCCCC(C)C)n1. The smallest absolute Gasteiger partial charge is 0.329 e. The summed E-state index contributed by atoms with van der Waals surface area (Å²) in [6, 6.07) is 0. The predicted octanol–water partition coefficient (Wildman–Crippen LogP) is 3.44. The first-order valence-electron chi connectivity index (χ1n) is 7.47. The zero-order chi connectivity index (χ0) is 15.7. The molecule has 0 bridgehead atoms. The number of unbranched alkanes of at least 4 members (excludes halogenated alkanes) is 3. The first-order chi connectivity index (χ1) is 10.0. The Balaban J connectivity index is 2.38. The number of nitrogens with zero attached hydrogens (tertiary/aromatic N) is 3. The first-order valence-corrected chi connectivity index (χ1v) is 7.47. The Bertz CT molecular complexity index is 451. The largest absolute Gasteiger partial charge is 0.364 e. The van der Waals surface area contributed by atoms with E-state index in [2.05, 4.69) is 34.4 Å². The van der Waals surface area contributed by atoms with Gasteiger partial charge in [0.05, 0.1) is 4.92 Å². The standard InChI is InChI=1S/C14H25N5O2/c1-11(2)8-6-4-5-7-9-16-13-12(19(20)21)10-17-14(15-3)18-13/h10-11H,4-9H2,1-3H3,(H2,15,16,17,18).